The van der Waals surface area contributed by atoms with Crippen molar-refractivity contribution in [1.29, 1.82) is 0 Å². The van der Waals surface area contributed by atoms with Crippen LogP contribution in [0.15, 0.2) is 23.1 Å². The van der Waals surface area contributed by atoms with Crippen LogP contribution in [0, 0.1) is 5.92 Å². The zero-order chi connectivity index (χ0) is 14.9. The maximum absolute atomic E-state index is 12.3. The maximum Gasteiger partial charge on any atom is 0.261 e. The molecule has 0 N–H and O–H groups in total. The van der Waals surface area contributed by atoms with Crippen LogP contribution in [0.4, 0.5) is 0 Å². The number of carbonyl (C=O) groups is 1. The lowest BCUT2D eigenvalue weighted by Gasteiger charge is -2.30. The Morgan fingerprint density at radius 2 is 2.05 bits per heavy atom. The molecule has 0 bridgehead atoms. The van der Waals surface area contributed by atoms with Crippen molar-refractivity contribution >= 4 is 37.2 Å². The van der Waals surface area contributed by atoms with Gasteiger partial charge in [0.25, 0.3) is 15.0 Å². The summed E-state index contributed by atoms with van der Waals surface area (Å²) >= 11 is 5.98. The Labute approximate surface area is 128 Å². The molecule has 1 saturated carbocycles. The fraction of sp³-hybridized carbons (Fsp3) is 0.462. The van der Waals surface area contributed by atoms with Crippen molar-refractivity contribution < 1.29 is 13.2 Å². The Morgan fingerprint density at radius 3 is 2.55 bits per heavy atom. The van der Waals surface area contributed by atoms with Gasteiger partial charge in [0.1, 0.15) is 0 Å². The number of rotatable bonds is 4. The molecule has 110 valence electrons. The molecule has 0 unspecified atom stereocenters. The summed E-state index contributed by atoms with van der Waals surface area (Å²) in [7, 11) is 3.11. The van der Waals surface area contributed by atoms with Gasteiger partial charge in [-0.25, -0.2) is 8.42 Å². The van der Waals surface area contributed by atoms with Crippen molar-refractivity contribution in [2.45, 2.75) is 24.2 Å². The highest BCUT2D eigenvalue weighted by molar-refractivity contribution is 8.13. The summed E-state index contributed by atoms with van der Waals surface area (Å²) < 4.78 is 22.6. The molecular weight excluding hydrogens is 321 g/mol. The quantitative estimate of drug-likeness (QED) is 0.794. The normalized spacial score (nSPS) is 15.8. The Kier molecular flexibility index (Phi) is 4.62. The van der Waals surface area contributed by atoms with Gasteiger partial charge in [-0.3, -0.25) is 4.79 Å². The van der Waals surface area contributed by atoms with E-state index < -0.39 is 9.05 Å². The molecule has 0 saturated heterocycles. The predicted molar refractivity (Wildman–Crippen MR) is 78.8 cm³/mol. The molecule has 1 aromatic rings. The average Bonchev–Trinajstić information content (AvgIpc) is 2.31. The van der Waals surface area contributed by atoms with E-state index in [1.165, 1.54) is 24.6 Å². The molecule has 4 nitrogen and oxygen atoms in total. The van der Waals surface area contributed by atoms with Gasteiger partial charge in [0.2, 0.25) is 0 Å². The summed E-state index contributed by atoms with van der Waals surface area (Å²) in [6.45, 7) is 0.660. The fourth-order valence-corrected chi connectivity index (χ4v) is 3.15. The van der Waals surface area contributed by atoms with Crippen LogP contribution in [0.3, 0.4) is 0 Å². The van der Waals surface area contributed by atoms with E-state index in [9.17, 15) is 13.2 Å². The molecule has 0 aromatic heterocycles. The summed E-state index contributed by atoms with van der Waals surface area (Å²) in [5, 5.41) is 0.222. The SMILES string of the molecule is CN(CC1CCC1)C(=O)c1cc(S(=O)(=O)Cl)ccc1Cl. The minimum Gasteiger partial charge on any atom is -0.341 e. The number of amides is 1. The predicted octanol–water partition coefficient (Wildman–Crippen LogP) is 3.14. The standard InChI is InChI=1S/C13H15Cl2NO3S/c1-16(8-9-3-2-4-9)13(17)11-7-10(20(15,18)19)5-6-12(11)14/h5-7,9H,2-4,8H2,1H3. The van der Waals surface area contributed by atoms with Crippen molar-refractivity contribution in [2.75, 3.05) is 13.6 Å². The van der Waals surface area contributed by atoms with Crippen molar-refractivity contribution in [2.24, 2.45) is 5.92 Å². The molecule has 2 rings (SSSR count). The van der Waals surface area contributed by atoms with Crippen molar-refractivity contribution in [3.8, 4) is 0 Å². The van der Waals surface area contributed by atoms with Crippen molar-refractivity contribution in [3.05, 3.63) is 28.8 Å². The average molecular weight is 336 g/mol. The molecule has 1 aliphatic rings. The van der Waals surface area contributed by atoms with Crippen LogP contribution >= 0.6 is 22.3 Å². The Hall–Kier alpha value is -0.780. The summed E-state index contributed by atoms with van der Waals surface area (Å²) in [4.78, 5) is 13.8. The van der Waals surface area contributed by atoms with Gasteiger partial charge >= 0.3 is 0 Å². The van der Waals surface area contributed by atoms with E-state index in [0.717, 1.165) is 12.8 Å². The van der Waals surface area contributed by atoms with E-state index in [0.29, 0.717) is 12.5 Å². The lowest BCUT2D eigenvalue weighted by molar-refractivity contribution is 0.0745. The van der Waals surface area contributed by atoms with E-state index in [1.54, 1.807) is 11.9 Å². The molecule has 1 aliphatic carbocycles. The largest absolute Gasteiger partial charge is 0.341 e. The summed E-state index contributed by atoms with van der Waals surface area (Å²) in [6, 6.07) is 3.89. The maximum atomic E-state index is 12.3. The van der Waals surface area contributed by atoms with Gasteiger partial charge in [-0.2, -0.15) is 0 Å². The summed E-state index contributed by atoms with van der Waals surface area (Å²) in [5.41, 5.74) is 0.162. The third-order valence-corrected chi connectivity index (χ3v) is 5.23. The minimum atomic E-state index is -3.88. The highest BCUT2D eigenvalue weighted by Gasteiger charge is 2.24. The van der Waals surface area contributed by atoms with E-state index in [1.807, 2.05) is 0 Å². The number of halogens is 2. The molecular formula is C13H15Cl2NO3S. The lowest BCUT2D eigenvalue weighted by atomic mass is 9.85. The second-order valence-corrected chi connectivity index (χ2v) is 8.04. The van der Waals surface area contributed by atoms with Crippen LogP contribution in [0.5, 0.6) is 0 Å². The second-order valence-electron chi connectivity index (χ2n) is 5.06. The number of nitrogens with zero attached hydrogens (tertiary/aromatic N) is 1. The highest BCUT2D eigenvalue weighted by atomic mass is 35.7. The third-order valence-electron chi connectivity index (χ3n) is 3.55. The molecule has 1 aromatic carbocycles. The highest BCUT2D eigenvalue weighted by Crippen LogP contribution is 2.28. The van der Waals surface area contributed by atoms with Gasteiger partial charge in [0.05, 0.1) is 15.5 Å². The van der Waals surface area contributed by atoms with Crippen LogP contribution in [-0.2, 0) is 9.05 Å². The molecule has 1 amide bonds. The minimum absolute atomic E-state index is 0.121. The molecule has 0 radical (unpaired) electrons. The van der Waals surface area contributed by atoms with E-state index in [4.69, 9.17) is 22.3 Å². The van der Waals surface area contributed by atoms with E-state index in [2.05, 4.69) is 0 Å². The van der Waals surface area contributed by atoms with Gasteiger partial charge < -0.3 is 4.90 Å². The monoisotopic (exact) mass is 335 g/mol. The van der Waals surface area contributed by atoms with Crippen LogP contribution in [0.1, 0.15) is 29.6 Å². The molecule has 7 heteroatoms. The number of benzene rings is 1. The molecule has 0 aliphatic heterocycles. The smallest absolute Gasteiger partial charge is 0.261 e. The molecule has 0 atom stereocenters. The first kappa shape index (κ1) is 15.6. The van der Waals surface area contributed by atoms with Crippen molar-refractivity contribution in [3.63, 3.8) is 0 Å². The Morgan fingerprint density at radius 1 is 1.40 bits per heavy atom. The summed E-state index contributed by atoms with van der Waals surface area (Å²) in [5.74, 6) is 0.242. The van der Waals surface area contributed by atoms with Gasteiger partial charge in [-0.1, -0.05) is 18.0 Å². The number of carbonyl (C=O) groups excluding carboxylic acids is 1. The molecule has 1 fully saturated rings. The fourth-order valence-electron chi connectivity index (χ4n) is 2.17. The van der Waals surface area contributed by atoms with Crippen molar-refractivity contribution in [1.82, 2.24) is 4.90 Å². The lowest BCUT2D eigenvalue weighted by Crippen LogP contribution is -2.34. The van der Waals surface area contributed by atoms with Crippen LogP contribution in [0.2, 0.25) is 5.02 Å². The van der Waals surface area contributed by atoms with Gasteiger partial charge in [-0.05, 0) is 37.0 Å². The zero-order valence-corrected chi connectivity index (χ0v) is 13.3. The number of hydrogen-bond donors (Lipinski definition) is 0. The first-order valence-electron chi connectivity index (χ1n) is 6.28. The second kappa shape index (κ2) is 5.92. The Bertz CT molecular complexity index is 627. The van der Waals surface area contributed by atoms with Crippen LogP contribution in [-0.4, -0.2) is 32.8 Å². The van der Waals surface area contributed by atoms with Crippen LogP contribution < -0.4 is 0 Å². The zero-order valence-electron chi connectivity index (χ0n) is 11.0. The number of hydrogen-bond acceptors (Lipinski definition) is 3. The Balaban J connectivity index is 2.23. The first-order chi connectivity index (χ1) is 9.29. The van der Waals surface area contributed by atoms with Crippen LogP contribution in [0.25, 0.3) is 0 Å². The molecule has 0 spiro atoms. The summed E-state index contributed by atoms with van der Waals surface area (Å²) in [6.07, 6.45) is 3.45. The van der Waals surface area contributed by atoms with Gasteiger partial charge in [0, 0.05) is 24.3 Å². The molecule has 0 heterocycles. The molecule has 20 heavy (non-hydrogen) atoms. The van der Waals surface area contributed by atoms with E-state index in [-0.39, 0.29) is 21.4 Å². The third kappa shape index (κ3) is 3.45. The van der Waals surface area contributed by atoms with Gasteiger partial charge in [-0.15, -0.1) is 0 Å². The van der Waals surface area contributed by atoms with Gasteiger partial charge in [0.15, 0.2) is 0 Å². The topological polar surface area (TPSA) is 54.5 Å². The van der Waals surface area contributed by atoms with E-state index >= 15 is 0 Å². The first-order valence-corrected chi connectivity index (χ1v) is 8.97.